The quantitative estimate of drug-likeness (QED) is 0.536. The van der Waals surface area contributed by atoms with Crippen molar-refractivity contribution in [1.82, 2.24) is 4.98 Å². The zero-order valence-corrected chi connectivity index (χ0v) is 10.6. The van der Waals surface area contributed by atoms with E-state index in [1.807, 2.05) is 0 Å². The number of nitrogens with zero attached hydrogens (tertiary/aromatic N) is 2. The van der Waals surface area contributed by atoms with Crippen LogP contribution in [0.2, 0.25) is 5.15 Å². The molecule has 0 saturated carbocycles. The summed E-state index contributed by atoms with van der Waals surface area (Å²) in [5.41, 5.74) is -0.389. The van der Waals surface area contributed by atoms with Crippen LogP contribution in [0.15, 0.2) is 36.4 Å². The van der Waals surface area contributed by atoms with E-state index in [0.717, 1.165) is 12.1 Å². The van der Waals surface area contributed by atoms with Crippen molar-refractivity contribution < 1.29 is 14.1 Å². The van der Waals surface area contributed by atoms with Crippen LogP contribution in [0.25, 0.3) is 0 Å². The van der Waals surface area contributed by atoms with Crippen molar-refractivity contribution >= 4 is 29.0 Å². The van der Waals surface area contributed by atoms with Gasteiger partial charge in [-0.1, -0.05) is 17.7 Å². The van der Waals surface area contributed by atoms with Gasteiger partial charge in [0.2, 0.25) is 5.82 Å². The van der Waals surface area contributed by atoms with Gasteiger partial charge in [-0.25, -0.2) is 9.37 Å². The Hall–Kier alpha value is -2.54. The van der Waals surface area contributed by atoms with Crippen LogP contribution in [-0.4, -0.2) is 15.8 Å². The molecule has 102 valence electrons. The Morgan fingerprint density at radius 2 is 2.10 bits per heavy atom. The second-order valence-electron chi connectivity index (χ2n) is 3.72. The number of carbonyl (C=O) groups is 1. The molecule has 1 heterocycles. The zero-order chi connectivity index (χ0) is 14.7. The van der Waals surface area contributed by atoms with Crippen LogP contribution < -0.4 is 5.32 Å². The number of hydrogen-bond acceptors (Lipinski definition) is 4. The number of halogens is 2. The number of nitro groups is 1. The van der Waals surface area contributed by atoms with E-state index in [1.54, 1.807) is 0 Å². The van der Waals surface area contributed by atoms with Gasteiger partial charge in [-0.05, 0) is 24.3 Å². The smallest absolute Gasteiger partial charge is 0.301 e. The minimum Gasteiger partial charge on any atom is -0.301 e. The number of nitrogens with one attached hydrogen (secondary N) is 1. The highest BCUT2D eigenvalue weighted by atomic mass is 35.5. The van der Waals surface area contributed by atoms with E-state index >= 15 is 0 Å². The van der Waals surface area contributed by atoms with Crippen molar-refractivity contribution in [2.45, 2.75) is 0 Å². The lowest BCUT2D eigenvalue weighted by Gasteiger charge is -2.05. The third-order valence-corrected chi connectivity index (χ3v) is 2.57. The van der Waals surface area contributed by atoms with Gasteiger partial charge in [0.15, 0.2) is 0 Å². The van der Waals surface area contributed by atoms with E-state index in [1.165, 1.54) is 24.3 Å². The molecule has 6 nitrogen and oxygen atoms in total. The maximum absolute atomic E-state index is 13.0. The molecule has 0 saturated heterocycles. The lowest BCUT2D eigenvalue weighted by molar-refractivity contribution is -0.384. The Bertz CT molecular complexity index is 693. The molecule has 1 amide bonds. The van der Waals surface area contributed by atoms with E-state index in [2.05, 4.69) is 10.3 Å². The summed E-state index contributed by atoms with van der Waals surface area (Å²) in [5, 5.41) is 13.0. The number of amides is 1. The second-order valence-corrected chi connectivity index (χ2v) is 4.11. The third kappa shape index (κ3) is 3.07. The molecule has 0 aliphatic carbocycles. The molecule has 0 fully saturated rings. The summed E-state index contributed by atoms with van der Waals surface area (Å²) in [6.45, 7) is 0. The molecular weight excluding hydrogens is 289 g/mol. The number of rotatable bonds is 3. The van der Waals surface area contributed by atoms with Crippen LogP contribution >= 0.6 is 11.6 Å². The third-order valence-electron chi connectivity index (χ3n) is 2.36. The molecule has 0 spiro atoms. The SMILES string of the molecule is O=C(Nc1nc(Cl)ccc1[N+](=O)[O-])c1cccc(F)c1. The molecule has 2 aromatic rings. The number of pyridine rings is 1. The molecule has 1 aromatic carbocycles. The summed E-state index contributed by atoms with van der Waals surface area (Å²) in [5.74, 6) is -1.61. The zero-order valence-electron chi connectivity index (χ0n) is 9.84. The Balaban J connectivity index is 2.32. The molecule has 0 aliphatic heterocycles. The fraction of sp³-hybridized carbons (Fsp3) is 0. The maximum Gasteiger partial charge on any atom is 0.311 e. The predicted molar refractivity (Wildman–Crippen MR) is 70.3 cm³/mol. The first kappa shape index (κ1) is 13.9. The van der Waals surface area contributed by atoms with E-state index in [4.69, 9.17) is 11.6 Å². The molecule has 1 N–H and O–H groups in total. The van der Waals surface area contributed by atoms with Gasteiger partial charge in [0, 0.05) is 11.6 Å². The Labute approximate surface area is 117 Å². The predicted octanol–water partition coefficient (Wildman–Crippen LogP) is 3.03. The number of aromatic nitrogens is 1. The Morgan fingerprint density at radius 3 is 2.75 bits per heavy atom. The van der Waals surface area contributed by atoms with Crippen LogP contribution in [-0.2, 0) is 0 Å². The molecule has 0 atom stereocenters. The molecular formula is C12H7ClFN3O3. The molecule has 0 aliphatic rings. The largest absolute Gasteiger partial charge is 0.311 e. The highest BCUT2D eigenvalue weighted by Gasteiger charge is 2.18. The van der Waals surface area contributed by atoms with Crippen molar-refractivity contribution in [1.29, 1.82) is 0 Å². The maximum atomic E-state index is 13.0. The van der Waals surface area contributed by atoms with Gasteiger partial charge in [-0.2, -0.15) is 0 Å². The van der Waals surface area contributed by atoms with Crippen LogP contribution in [0, 0.1) is 15.9 Å². The summed E-state index contributed by atoms with van der Waals surface area (Å²) in [7, 11) is 0. The first-order valence-electron chi connectivity index (χ1n) is 5.35. The van der Waals surface area contributed by atoms with Gasteiger partial charge in [-0.15, -0.1) is 0 Å². The lowest BCUT2D eigenvalue weighted by atomic mass is 10.2. The Kier molecular flexibility index (Phi) is 3.90. The van der Waals surface area contributed by atoms with Gasteiger partial charge >= 0.3 is 5.69 Å². The van der Waals surface area contributed by atoms with Crippen LogP contribution in [0.1, 0.15) is 10.4 Å². The van der Waals surface area contributed by atoms with Crippen molar-refractivity contribution in [3.63, 3.8) is 0 Å². The standard InChI is InChI=1S/C12H7ClFN3O3/c13-10-5-4-9(17(19)20)11(15-10)16-12(18)7-2-1-3-8(14)6-7/h1-6H,(H,15,16,18). The molecule has 20 heavy (non-hydrogen) atoms. The van der Waals surface area contributed by atoms with Crippen molar-refractivity contribution in [3.8, 4) is 0 Å². The van der Waals surface area contributed by atoms with E-state index in [-0.39, 0.29) is 16.5 Å². The number of hydrogen-bond donors (Lipinski definition) is 1. The molecule has 0 radical (unpaired) electrons. The van der Waals surface area contributed by atoms with Crippen molar-refractivity contribution in [3.05, 3.63) is 63.0 Å². The summed E-state index contributed by atoms with van der Waals surface area (Å²) < 4.78 is 13.0. The first-order valence-corrected chi connectivity index (χ1v) is 5.73. The molecule has 0 unspecified atom stereocenters. The lowest BCUT2D eigenvalue weighted by Crippen LogP contribution is -2.14. The van der Waals surface area contributed by atoms with Gasteiger partial charge in [0.25, 0.3) is 5.91 Å². The summed E-state index contributed by atoms with van der Waals surface area (Å²) in [4.78, 5) is 25.7. The molecule has 0 bridgehead atoms. The molecule has 8 heteroatoms. The topological polar surface area (TPSA) is 85.1 Å². The van der Waals surface area contributed by atoms with Crippen LogP contribution in [0.5, 0.6) is 0 Å². The summed E-state index contributed by atoms with van der Waals surface area (Å²) >= 11 is 5.63. The minimum absolute atomic E-state index is 0.00913. The highest BCUT2D eigenvalue weighted by molar-refractivity contribution is 6.29. The minimum atomic E-state index is -0.720. The second kappa shape index (κ2) is 5.62. The summed E-state index contributed by atoms with van der Waals surface area (Å²) in [6, 6.07) is 7.26. The van der Waals surface area contributed by atoms with E-state index in [0.29, 0.717) is 0 Å². The number of anilines is 1. The van der Waals surface area contributed by atoms with Crippen molar-refractivity contribution in [2.75, 3.05) is 5.32 Å². The number of benzene rings is 1. The van der Waals surface area contributed by atoms with E-state index < -0.39 is 22.3 Å². The number of carbonyl (C=O) groups excluding carboxylic acids is 1. The van der Waals surface area contributed by atoms with Crippen LogP contribution in [0.3, 0.4) is 0 Å². The average molecular weight is 296 g/mol. The average Bonchev–Trinajstić information content (AvgIpc) is 2.38. The van der Waals surface area contributed by atoms with Gasteiger partial charge in [0.05, 0.1) is 4.92 Å². The first-order chi connectivity index (χ1) is 9.47. The monoisotopic (exact) mass is 295 g/mol. The van der Waals surface area contributed by atoms with E-state index in [9.17, 15) is 19.3 Å². The fourth-order valence-corrected chi connectivity index (χ4v) is 1.62. The molecule has 1 aromatic heterocycles. The van der Waals surface area contributed by atoms with Crippen molar-refractivity contribution in [2.24, 2.45) is 0 Å². The fourth-order valence-electron chi connectivity index (χ4n) is 1.48. The molecule has 2 rings (SSSR count). The normalized spacial score (nSPS) is 10.1. The van der Waals surface area contributed by atoms with Gasteiger partial charge in [0.1, 0.15) is 11.0 Å². The summed E-state index contributed by atoms with van der Waals surface area (Å²) in [6.07, 6.45) is 0. The Morgan fingerprint density at radius 1 is 1.35 bits per heavy atom. The van der Waals surface area contributed by atoms with Crippen LogP contribution in [0.4, 0.5) is 15.9 Å². The van der Waals surface area contributed by atoms with Gasteiger partial charge < -0.3 is 5.32 Å². The highest BCUT2D eigenvalue weighted by Crippen LogP contribution is 2.24. The van der Waals surface area contributed by atoms with Gasteiger partial charge in [-0.3, -0.25) is 14.9 Å².